The first-order chi connectivity index (χ1) is 8.40. The Bertz CT molecular complexity index is 426. The maximum Gasteiger partial charge on any atom is 0.137 e. The lowest BCUT2D eigenvalue weighted by molar-refractivity contribution is -0.115. The number of rotatable bonds is 3. The van der Waals surface area contributed by atoms with Gasteiger partial charge in [-0.15, -0.1) is 0 Å². The molecule has 1 aliphatic heterocycles. The smallest absolute Gasteiger partial charge is 0.137 e. The summed E-state index contributed by atoms with van der Waals surface area (Å²) >= 11 is 0. The predicted molar refractivity (Wildman–Crippen MR) is 67.5 cm³/mol. The van der Waals surface area contributed by atoms with Gasteiger partial charge in [-0.3, -0.25) is 0 Å². The number of hydrogen-bond acceptors (Lipinski definition) is 2. The lowest BCUT2D eigenvalue weighted by Gasteiger charge is -2.46. The van der Waals surface area contributed by atoms with Gasteiger partial charge in [-0.1, -0.05) is 42.5 Å². The summed E-state index contributed by atoms with van der Waals surface area (Å²) in [6, 6.07) is 10.8. The first kappa shape index (κ1) is 10.7. The Kier molecular flexibility index (Phi) is 2.81. The number of allylic oxidation sites excluding steroid dienone is 2. The summed E-state index contributed by atoms with van der Waals surface area (Å²) in [6.07, 6.45) is 7.95. The van der Waals surface area contributed by atoms with Gasteiger partial charge in [0, 0.05) is 12.0 Å². The van der Waals surface area contributed by atoms with Crippen LogP contribution in [0.3, 0.4) is 0 Å². The van der Waals surface area contributed by atoms with Crippen molar-refractivity contribution in [3.8, 4) is 0 Å². The Morgan fingerprint density at radius 1 is 1.24 bits per heavy atom. The molecule has 4 unspecified atom stereocenters. The molecular weight excluding hydrogens is 210 g/mol. The Morgan fingerprint density at radius 3 is 2.71 bits per heavy atom. The Hall–Kier alpha value is -1.41. The normalized spacial score (nSPS) is 35.5. The van der Waals surface area contributed by atoms with Crippen LogP contribution in [0.2, 0.25) is 0 Å². The van der Waals surface area contributed by atoms with Crippen LogP contribution in [0.5, 0.6) is 0 Å². The van der Waals surface area contributed by atoms with Gasteiger partial charge >= 0.3 is 0 Å². The SMILES string of the molecule is O=CC1NC(c2ccccc2)C1C1C=CCC1. The molecular formula is C15H17NO. The highest BCUT2D eigenvalue weighted by Gasteiger charge is 2.44. The van der Waals surface area contributed by atoms with Crippen molar-refractivity contribution in [1.29, 1.82) is 0 Å². The lowest BCUT2D eigenvalue weighted by Crippen LogP contribution is -2.58. The third-order valence-corrected chi connectivity index (χ3v) is 4.02. The minimum Gasteiger partial charge on any atom is -0.302 e. The van der Waals surface area contributed by atoms with Gasteiger partial charge in [-0.05, 0) is 24.3 Å². The van der Waals surface area contributed by atoms with E-state index < -0.39 is 0 Å². The minimum atomic E-state index is 0.0351. The molecule has 2 heteroatoms. The molecule has 2 aliphatic rings. The third-order valence-electron chi connectivity index (χ3n) is 4.02. The zero-order valence-corrected chi connectivity index (χ0v) is 9.75. The molecule has 1 heterocycles. The van der Waals surface area contributed by atoms with Crippen molar-refractivity contribution < 1.29 is 4.79 Å². The van der Waals surface area contributed by atoms with E-state index in [1.54, 1.807) is 0 Å². The Balaban J connectivity index is 1.82. The largest absolute Gasteiger partial charge is 0.302 e. The first-order valence-corrected chi connectivity index (χ1v) is 6.33. The van der Waals surface area contributed by atoms with Gasteiger partial charge in [0.2, 0.25) is 0 Å². The van der Waals surface area contributed by atoms with Crippen molar-refractivity contribution in [3.05, 3.63) is 48.0 Å². The first-order valence-electron chi connectivity index (χ1n) is 6.33. The van der Waals surface area contributed by atoms with Crippen LogP contribution in [0.4, 0.5) is 0 Å². The van der Waals surface area contributed by atoms with Crippen molar-refractivity contribution in [2.75, 3.05) is 0 Å². The van der Waals surface area contributed by atoms with Gasteiger partial charge < -0.3 is 10.1 Å². The molecule has 3 rings (SSSR count). The van der Waals surface area contributed by atoms with E-state index in [0.29, 0.717) is 17.9 Å². The van der Waals surface area contributed by atoms with E-state index in [0.717, 1.165) is 12.7 Å². The highest BCUT2D eigenvalue weighted by molar-refractivity contribution is 5.61. The van der Waals surface area contributed by atoms with E-state index in [-0.39, 0.29) is 6.04 Å². The highest BCUT2D eigenvalue weighted by Crippen LogP contribution is 2.42. The number of benzene rings is 1. The summed E-state index contributed by atoms with van der Waals surface area (Å²) in [5.41, 5.74) is 1.30. The van der Waals surface area contributed by atoms with Gasteiger partial charge in [-0.25, -0.2) is 0 Å². The Morgan fingerprint density at radius 2 is 2.06 bits per heavy atom. The molecule has 0 amide bonds. The summed E-state index contributed by atoms with van der Waals surface area (Å²) in [5, 5.41) is 3.37. The van der Waals surface area contributed by atoms with Crippen LogP contribution in [0, 0.1) is 11.8 Å². The fraction of sp³-hybridized carbons (Fsp3) is 0.400. The molecule has 1 N–H and O–H groups in total. The average molecular weight is 227 g/mol. The molecule has 1 aromatic rings. The molecule has 2 nitrogen and oxygen atoms in total. The molecule has 0 saturated carbocycles. The molecule has 1 aliphatic carbocycles. The number of nitrogens with one attached hydrogen (secondary N) is 1. The van der Waals surface area contributed by atoms with Crippen molar-refractivity contribution in [2.24, 2.45) is 11.8 Å². The van der Waals surface area contributed by atoms with Gasteiger partial charge in [-0.2, -0.15) is 0 Å². The monoisotopic (exact) mass is 227 g/mol. The maximum absolute atomic E-state index is 11.0. The van der Waals surface area contributed by atoms with Crippen molar-refractivity contribution >= 4 is 6.29 Å². The van der Waals surface area contributed by atoms with Gasteiger partial charge in [0.05, 0.1) is 6.04 Å². The minimum absolute atomic E-state index is 0.0351. The predicted octanol–water partition coefficient (Wildman–Crippen LogP) is 2.48. The van der Waals surface area contributed by atoms with Crippen LogP contribution in [0.1, 0.15) is 24.4 Å². The summed E-state index contributed by atoms with van der Waals surface area (Å²) in [5.74, 6) is 1.00. The molecule has 17 heavy (non-hydrogen) atoms. The number of aldehydes is 1. The zero-order chi connectivity index (χ0) is 11.7. The van der Waals surface area contributed by atoms with Crippen LogP contribution in [-0.4, -0.2) is 12.3 Å². The van der Waals surface area contributed by atoms with Crippen LogP contribution >= 0.6 is 0 Å². The molecule has 1 saturated heterocycles. The van der Waals surface area contributed by atoms with Crippen LogP contribution in [0.15, 0.2) is 42.5 Å². The van der Waals surface area contributed by atoms with E-state index >= 15 is 0 Å². The van der Waals surface area contributed by atoms with Crippen molar-refractivity contribution in [2.45, 2.75) is 24.9 Å². The van der Waals surface area contributed by atoms with E-state index in [2.05, 4.69) is 41.7 Å². The van der Waals surface area contributed by atoms with E-state index in [4.69, 9.17) is 0 Å². The van der Waals surface area contributed by atoms with Crippen LogP contribution < -0.4 is 5.32 Å². The zero-order valence-electron chi connectivity index (χ0n) is 9.75. The summed E-state index contributed by atoms with van der Waals surface area (Å²) in [7, 11) is 0. The molecule has 0 spiro atoms. The third kappa shape index (κ3) is 1.83. The average Bonchev–Trinajstić information content (AvgIpc) is 2.83. The highest BCUT2D eigenvalue weighted by atomic mass is 16.1. The van der Waals surface area contributed by atoms with Crippen molar-refractivity contribution in [3.63, 3.8) is 0 Å². The second-order valence-electron chi connectivity index (χ2n) is 4.96. The van der Waals surface area contributed by atoms with E-state index in [1.165, 1.54) is 12.0 Å². The fourth-order valence-electron chi connectivity index (χ4n) is 3.12. The summed E-state index contributed by atoms with van der Waals surface area (Å²) < 4.78 is 0. The number of hydrogen-bond donors (Lipinski definition) is 1. The van der Waals surface area contributed by atoms with Crippen LogP contribution in [-0.2, 0) is 4.79 Å². The second-order valence-corrected chi connectivity index (χ2v) is 4.96. The van der Waals surface area contributed by atoms with E-state index in [9.17, 15) is 4.79 Å². The lowest BCUT2D eigenvalue weighted by atomic mass is 9.71. The maximum atomic E-state index is 11.0. The van der Waals surface area contributed by atoms with Gasteiger partial charge in [0.1, 0.15) is 6.29 Å². The summed E-state index contributed by atoms with van der Waals surface area (Å²) in [4.78, 5) is 11.0. The van der Waals surface area contributed by atoms with Gasteiger partial charge in [0.25, 0.3) is 0 Å². The molecule has 0 bridgehead atoms. The van der Waals surface area contributed by atoms with Crippen LogP contribution in [0.25, 0.3) is 0 Å². The summed E-state index contributed by atoms with van der Waals surface area (Å²) in [6.45, 7) is 0. The number of carbonyl (C=O) groups is 1. The molecule has 1 aromatic carbocycles. The molecule has 1 fully saturated rings. The fourth-order valence-corrected chi connectivity index (χ4v) is 3.12. The quantitative estimate of drug-likeness (QED) is 0.635. The van der Waals surface area contributed by atoms with Gasteiger partial charge in [0.15, 0.2) is 0 Å². The Labute approximate surface area is 102 Å². The molecule has 0 aromatic heterocycles. The number of carbonyl (C=O) groups excluding carboxylic acids is 1. The second kappa shape index (κ2) is 4.46. The molecule has 0 radical (unpaired) electrons. The standard InChI is InChI=1S/C15H17NO/c17-10-13-14(11-6-4-5-7-11)15(16-13)12-8-2-1-3-9-12/h1-4,6,8-11,13-16H,5,7H2. The molecule has 88 valence electrons. The van der Waals surface area contributed by atoms with Crippen molar-refractivity contribution in [1.82, 2.24) is 5.32 Å². The van der Waals surface area contributed by atoms with E-state index in [1.807, 2.05) is 6.07 Å². The molecule has 4 atom stereocenters. The topological polar surface area (TPSA) is 29.1 Å².